The van der Waals surface area contributed by atoms with Crippen LogP contribution in [0.4, 0.5) is 19.0 Å². The lowest BCUT2D eigenvalue weighted by molar-refractivity contribution is -0.137. The number of fused-ring (bicyclic) bond motifs is 1. The monoisotopic (exact) mass is 531 g/mol. The minimum Gasteiger partial charge on any atom is -0.383 e. The summed E-state index contributed by atoms with van der Waals surface area (Å²) in [6, 6.07) is 6.48. The molecule has 0 radical (unpaired) electrons. The fraction of sp³-hybridized carbons (Fsp3) is 0.182. The Kier molecular flexibility index (Phi) is 6.42. The van der Waals surface area contributed by atoms with Crippen LogP contribution in [0.2, 0.25) is 0 Å². The SMILES string of the molecule is CC(c1ncccn1)N(Cc1ccc(C(F)(F)F)cn1)C(=O)c1cc2cc(Br)c(N)nc2cn1. The quantitative estimate of drug-likeness (QED) is 0.401. The molecular weight excluding hydrogens is 515 g/mol. The van der Waals surface area contributed by atoms with Gasteiger partial charge in [-0.3, -0.25) is 9.78 Å². The number of nitrogens with zero attached hydrogens (tertiary/aromatic N) is 6. The van der Waals surface area contributed by atoms with Gasteiger partial charge >= 0.3 is 6.18 Å². The molecule has 0 aliphatic carbocycles. The molecule has 0 bridgehead atoms. The van der Waals surface area contributed by atoms with E-state index in [0.29, 0.717) is 27.0 Å². The van der Waals surface area contributed by atoms with Crippen LogP contribution in [0.25, 0.3) is 10.9 Å². The molecule has 1 atom stereocenters. The molecule has 0 saturated heterocycles. The number of aromatic nitrogens is 5. The van der Waals surface area contributed by atoms with Crippen LogP contribution in [0, 0.1) is 0 Å². The van der Waals surface area contributed by atoms with E-state index in [1.807, 2.05) is 0 Å². The van der Waals surface area contributed by atoms with Gasteiger partial charge in [-0.05, 0) is 53.2 Å². The number of halogens is 4. The Morgan fingerprint density at radius 3 is 2.50 bits per heavy atom. The van der Waals surface area contributed by atoms with Gasteiger partial charge in [-0.15, -0.1) is 0 Å². The summed E-state index contributed by atoms with van der Waals surface area (Å²) >= 11 is 3.32. The fourth-order valence-electron chi connectivity index (χ4n) is 3.24. The number of hydrogen-bond donors (Lipinski definition) is 1. The van der Waals surface area contributed by atoms with Crippen molar-refractivity contribution < 1.29 is 18.0 Å². The number of hydrogen-bond acceptors (Lipinski definition) is 7. The molecular formula is C22H17BrF3N7O. The molecule has 174 valence electrons. The summed E-state index contributed by atoms with van der Waals surface area (Å²) in [5.74, 6) is 0.176. The molecule has 0 aliphatic heterocycles. The highest BCUT2D eigenvalue weighted by molar-refractivity contribution is 9.10. The Morgan fingerprint density at radius 1 is 1.12 bits per heavy atom. The van der Waals surface area contributed by atoms with E-state index in [0.717, 1.165) is 12.3 Å². The minimum atomic E-state index is -4.51. The lowest BCUT2D eigenvalue weighted by atomic mass is 10.1. The van der Waals surface area contributed by atoms with Crippen LogP contribution in [0.1, 0.15) is 40.5 Å². The van der Waals surface area contributed by atoms with E-state index in [4.69, 9.17) is 5.73 Å². The van der Waals surface area contributed by atoms with Gasteiger partial charge in [0.1, 0.15) is 17.3 Å². The summed E-state index contributed by atoms with van der Waals surface area (Å²) < 4.78 is 39.3. The highest BCUT2D eigenvalue weighted by Gasteiger charge is 2.31. The summed E-state index contributed by atoms with van der Waals surface area (Å²) in [4.78, 5) is 35.7. The third kappa shape index (κ3) is 4.96. The van der Waals surface area contributed by atoms with Gasteiger partial charge in [0.05, 0.1) is 40.0 Å². The van der Waals surface area contributed by atoms with Gasteiger partial charge in [0.15, 0.2) is 0 Å². The molecule has 0 spiro atoms. The maximum Gasteiger partial charge on any atom is 0.417 e. The van der Waals surface area contributed by atoms with Crippen molar-refractivity contribution in [1.82, 2.24) is 29.8 Å². The summed E-state index contributed by atoms with van der Waals surface area (Å²) in [5, 5.41) is 0.635. The highest BCUT2D eigenvalue weighted by Crippen LogP contribution is 2.29. The Morgan fingerprint density at radius 2 is 1.85 bits per heavy atom. The summed E-state index contributed by atoms with van der Waals surface area (Å²) in [6.45, 7) is 1.64. The Bertz CT molecular complexity index is 1330. The van der Waals surface area contributed by atoms with E-state index >= 15 is 0 Å². The summed E-state index contributed by atoms with van der Waals surface area (Å²) in [6.07, 6.45) is 0.750. The molecule has 0 aromatic carbocycles. The van der Waals surface area contributed by atoms with E-state index in [1.54, 1.807) is 37.5 Å². The van der Waals surface area contributed by atoms with E-state index in [9.17, 15) is 18.0 Å². The van der Waals surface area contributed by atoms with Crippen molar-refractivity contribution in [2.75, 3.05) is 5.73 Å². The smallest absolute Gasteiger partial charge is 0.383 e. The van der Waals surface area contributed by atoms with Crippen LogP contribution in [0.3, 0.4) is 0 Å². The number of alkyl halides is 3. The molecule has 12 heteroatoms. The minimum absolute atomic E-state index is 0.0835. The average molecular weight is 532 g/mol. The van der Waals surface area contributed by atoms with Crippen LogP contribution in [-0.4, -0.2) is 35.7 Å². The van der Waals surface area contributed by atoms with Gasteiger partial charge in [0.2, 0.25) is 0 Å². The molecule has 1 amide bonds. The number of anilines is 1. The van der Waals surface area contributed by atoms with Crippen LogP contribution >= 0.6 is 15.9 Å². The first-order valence-electron chi connectivity index (χ1n) is 9.95. The first-order chi connectivity index (χ1) is 16.1. The van der Waals surface area contributed by atoms with E-state index in [1.165, 1.54) is 17.2 Å². The van der Waals surface area contributed by atoms with Crippen molar-refractivity contribution in [3.8, 4) is 0 Å². The first-order valence-corrected chi connectivity index (χ1v) is 10.7. The molecule has 0 saturated carbocycles. The van der Waals surface area contributed by atoms with Gasteiger partial charge in [-0.25, -0.2) is 19.9 Å². The number of carbonyl (C=O) groups is 1. The molecule has 2 N–H and O–H groups in total. The molecule has 1 unspecified atom stereocenters. The molecule has 0 fully saturated rings. The lowest BCUT2D eigenvalue weighted by Crippen LogP contribution is -2.35. The molecule has 4 heterocycles. The van der Waals surface area contributed by atoms with Crippen molar-refractivity contribution in [3.63, 3.8) is 0 Å². The van der Waals surface area contributed by atoms with Crippen molar-refractivity contribution in [1.29, 1.82) is 0 Å². The number of nitrogens with two attached hydrogens (primary N) is 1. The third-order valence-corrected chi connectivity index (χ3v) is 5.71. The standard InChI is InChI=1S/C22H17BrF3N7O/c1-12(20-28-5-2-6-29-20)33(11-15-4-3-14(9-30-15)22(24,25)26)21(34)17-8-13-7-16(23)19(27)32-18(13)10-31-17/h2-10,12H,11H2,1H3,(H2,27,32). The van der Waals surface area contributed by atoms with Crippen LogP contribution in [0.15, 0.2) is 59.6 Å². The normalized spacial score (nSPS) is 12.5. The highest BCUT2D eigenvalue weighted by atomic mass is 79.9. The zero-order valence-corrected chi connectivity index (χ0v) is 19.2. The Labute approximate surface area is 200 Å². The predicted molar refractivity (Wildman–Crippen MR) is 121 cm³/mol. The first kappa shape index (κ1) is 23.5. The van der Waals surface area contributed by atoms with E-state index < -0.39 is 23.7 Å². The second-order valence-electron chi connectivity index (χ2n) is 7.37. The largest absolute Gasteiger partial charge is 0.417 e. The van der Waals surface area contributed by atoms with E-state index in [-0.39, 0.29) is 17.9 Å². The van der Waals surface area contributed by atoms with Crippen molar-refractivity contribution >= 4 is 38.6 Å². The molecule has 8 nitrogen and oxygen atoms in total. The predicted octanol–water partition coefficient (Wildman–Crippen LogP) is 4.58. The number of carbonyl (C=O) groups excluding carboxylic acids is 1. The van der Waals surface area contributed by atoms with Crippen molar-refractivity contribution in [2.24, 2.45) is 0 Å². The van der Waals surface area contributed by atoms with Crippen LogP contribution < -0.4 is 5.73 Å². The van der Waals surface area contributed by atoms with Crippen molar-refractivity contribution in [3.05, 3.63) is 82.4 Å². The number of amides is 1. The zero-order valence-electron chi connectivity index (χ0n) is 17.7. The van der Waals surface area contributed by atoms with Crippen molar-refractivity contribution in [2.45, 2.75) is 25.7 Å². The molecule has 4 rings (SSSR count). The molecule has 34 heavy (non-hydrogen) atoms. The number of nitrogen functional groups attached to an aromatic ring is 1. The van der Waals surface area contributed by atoms with Gasteiger partial charge < -0.3 is 10.6 Å². The molecule has 0 aliphatic rings. The third-order valence-electron chi connectivity index (χ3n) is 5.07. The topological polar surface area (TPSA) is 111 Å². The fourth-order valence-corrected chi connectivity index (χ4v) is 3.58. The maximum absolute atomic E-state index is 13.5. The summed E-state index contributed by atoms with van der Waals surface area (Å²) in [7, 11) is 0. The second kappa shape index (κ2) is 9.29. The van der Waals surface area contributed by atoms with E-state index in [2.05, 4.69) is 40.8 Å². The Hall–Kier alpha value is -3.67. The molecule has 4 aromatic heterocycles. The van der Waals surface area contributed by atoms with Crippen LogP contribution in [0.5, 0.6) is 0 Å². The second-order valence-corrected chi connectivity index (χ2v) is 8.22. The maximum atomic E-state index is 13.5. The van der Waals surface area contributed by atoms with Gasteiger partial charge in [0.25, 0.3) is 5.91 Å². The van der Waals surface area contributed by atoms with Gasteiger partial charge in [-0.1, -0.05) is 0 Å². The number of rotatable bonds is 5. The van der Waals surface area contributed by atoms with Gasteiger partial charge in [-0.2, -0.15) is 13.2 Å². The molecule has 4 aromatic rings. The summed E-state index contributed by atoms with van der Waals surface area (Å²) in [5.41, 5.74) is 5.82. The number of pyridine rings is 3. The average Bonchev–Trinajstić information content (AvgIpc) is 2.82. The van der Waals surface area contributed by atoms with Crippen LogP contribution in [-0.2, 0) is 12.7 Å². The van der Waals surface area contributed by atoms with Gasteiger partial charge in [0, 0.05) is 24.0 Å². The Balaban J connectivity index is 1.70. The lowest BCUT2D eigenvalue weighted by Gasteiger charge is -2.28. The zero-order chi connectivity index (χ0) is 24.5.